The van der Waals surface area contributed by atoms with Gasteiger partial charge in [0.15, 0.2) is 0 Å². The Morgan fingerprint density at radius 3 is 2.50 bits per heavy atom. The Labute approximate surface area is 99.4 Å². The normalized spacial score (nSPS) is 25.9. The maximum atomic E-state index is 8.64. The van der Waals surface area contributed by atoms with Crippen LogP contribution in [0.25, 0.3) is 0 Å². The average molecular weight is 229 g/mol. The first-order valence-electron chi connectivity index (χ1n) is 6.77. The van der Waals surface area contributed by atoms with E-state index in [0.29, 0.717) is 18.4 Å². The van der Waals surface area contributed by atoms with Gasteiger partial charge in [0.2, 0.25) is 0 Å². The Hall–Kier alpha value is -0.120. The third kappa shape index (κ3) is 5.28. The van der Waals surface area contributed by atoms with Gasteiger partial charge >= 0.3 is 0 Å². The molecule has 3 N–H and O–H groups in total. The quantitative estimate of drug-likeness (QED) is 0.625. The van der Waals surface area contributed by atoms with Crippen LogP contribution in [0.15, 0.2) is 0 Å². The van der Waals surface area contributed by atoms with E-state index in [4.69, 9.17) is 15.6 Å². The van der Waals surface area contributed by atoms with Crippen molar-refractivity contribution in [2.24, 2.45) is 17.6 Å². The first kappa shape index (κ1) is 13.9. The van der Waals surface area contributed by atoms with Gasteiger partial charge in [-0.1, -0.05) is 12.8 Å². The first-order chi connectivity index (χ1) is 7.88. The number of rotatable bonds is 8. The Bertz CT molecular complexity index is 164. The lowest BCUT2D eigenvalue weighted by Crippen LogP contribution is -2.30. The average Bonchev–Trinajstić information content (AvgIpc) is 2.34. The molecule has 2 unspecified atom stereocenters. The molecule has 0 aromatic carbocycles. The summed E-state index contributed by atoms with van der Waals surface area (Å²) < 4.78 is 5.71. The molecule has 3 nitrogen and oxygen atoms in total. The van der Waals surface area contributed by atoms with Crippen molar-refractivity contribution in [1.29, 1.82) is 0 Å². The fourth-order valence-electron chi connectivity index (χ4n) is 2.54. The molecule has 0 radical (unpaired) electrons. The van der Waals surface area contributed by atoms with Crippen molar-refractivity contribution in [2.45, 2.75) is 44.9 Å². The molecular formula is C13H27NO2. The summed E-state index contributed by atoms with van der Waals surface area (Å²) in [5.74, 6) is 1.38. The zero-order valence-corrected chi connectivity index (χ0v) is 10.4. The van der Waals surface area contributed by atoms with Gasteiger partial charge in [-0.25, -0.2) is 0 Å². The molecule has 0 aromatic rings. The van der Waals surface area contributed by atoms with Crippen LogP contribution >= 0.6 is 0 Å². The van der Waals surface area contributed by atoms with Crippen molar-refractivity contribution < 1.29 is 9.84 Å². The fraction of sp³-hybridized carbons (Fsp3) is 1.00. The maximum absolute atomic E-state index is 8.64. The van der Waals surface area contributed by atoms with Crippen LogP contribution in [0.3, 0.4) is 0 Å². The molecule has 16 heavy (non-hydrogen) atoms. The summed E-state index contributed by atoms with van der Waals surface area (Å²) in [6.45, 7) is 2.85. The largest absolute Gasteiger partial charge is 0.396 e. The Kier molecular flexibility index (Phi) is 7.81. The highest BCUT2D eigenvalue weighted by Crippen LogP contribution is 2.29. The molecule has 2 atom stereocenters. The van der Waals surface area contributed by atoms with E-state index in [9.17, 15) is 0 Å². The van der Waals surface area contributed by atoms with Crippen molar-refractivity contribution in [3.05, 3.63) is 0 Å². The summed E-state index contributed by atoms with van der Waals surface area (Å²) in [6.07, 6.45) is 8.30. The molecular weight excluding hydrogens is 202 g/mol. The lowest BCUT2D eigenvalue weighted by atomic mass is 9.80. The van der Waals surface area contributed by atoms with E-state index in [0.717, 1.165) is 39.0 Å². The third-order valence-electron chi connectivity index (χ3n) is 3.65. The molecule has 1 saturated carbocycles. The highest BCUT2D eigenvalue weighted by molar-refractivity contribution is 4.75. The van der Waals surface area contributed by atoms with Gasteiger partial charge in [-0.15, -0.1) is 0 Å². The Balaban J connectivity index is 2.02. The number of unbranched alkanes of at least 4 members (excludes halogenated alkanes) is 2. The van der Waals surface area contributed by atoms with Crippen molar-refractivity contribution in [2.75, 3.05) is 26.4 Å². The molecule has 96 valence electrons. The Morgan fingerprint density at radius 2 is 1.81 bits per heavy atom. The van der Waals surface area contributed by atoms with Gasteiger partial charge in [-0.05, 0) is 50.5 Å². The summed E-state index contributed by atoms with van der Waals surface area (Å²) >= 11 is 0. The maximum Gasteiger partial charge on any atom is 0.0497 e. The number of ether oxygens (including phenoxy) is 1. The van der Waals surface area contributed by atoms with Crippen LogP contribution in [-0.4, -0.2) is 31.5 Å². The van der Waals surface area contributed by atoms with Crippen molar-refractivity contribution >= 4 is 0 Å². The minimum Gasteiger partial charge on any atom is -0.396 e. The molecule has 0 heterocycles. The second kappa shape index (κ2) is 8.97. The highest BCUT2D eigenvalue weighted by atomic mass is 16.5. The lowest BCUT2D eigenvalue weighted by molar-refractivity contribution is 0.0585. The van der Waals surface area contributed by atoms with Crippen molar-refractivity contribution in [3.63, 3.8) is 0 Å². The van der Waals surface area contributed by atoms with Gasteiger partial charge < -0.3 is 15.6 Å². The minimum atomic E-state index is 0.303. The SMILES string of the molecule is NCC1CCCCC1COCCCCCO. The van der Waals surface area contributed by atoms with E-state index in [2.05, 4.69) is 0 Å². The molecule has 1 aliphatic rings. The van der Waals surface area contributed by atoms with Crippen LogP contribution < -0.4 is 5.73 Å². The molecule has 0 aromatic heterocycles. The van der Waals surface area contributed by atoms with Gasteiger partial charge in [0.25, 0.3) is 0 Å². The summed E-state index contributed by atoms with van der Waals surface area (Å²) in [7, 11) is 0. The van der Waals surface area contributed by atoms with Crippen LogP contribution in [-0.2, 0) is 4.74 Å². The van der Waals surface area contributed by atoms with Crippen LogP contribution in [0.5, 0.6) is 0 Å². The number of aliphatic hydroxyl groups excluding tert-OH is 1. The van der Waals surface area contributed by atoms with Gasteiger partial charge in [0.1, 0.15) is 0 Å². The lowest BCUT2D eigenvalue weighted by Gasteiger charge is -2.30. The molecule has 3 heteroatoms. The number of aliphatic hydroxyl groups is 1. The van der Waals surface area contributed by atoms with Crippen LogP contribution in [0.2, 0.25) is 0 Å². The topological polar surface area (TPSA) is 55.5 Å². The highest BCUT2D eigenvalue weighted by Gasteiger charge is 2.23. The van der Waals surface area contributed by atoms with Gasteiger partial charge in [-0.3, -0.25) is 0 Å². The summed E-state index contributed by atoms with van der Waals surface area (Å²) in [5.41, 5.74) is 5.78. The molecule has 1 aliphatic carbocycles. The summed E-state index contributed by atoms with van der Waals surface area (Å²) in [4.78, 5) is 0. The zero-order chi connectivity index (χ0) is 11.6. The van der Waals surface area contributed by atoms with E-state index in [1.165, 1.54) is 25.7 Å². The second-order valence-corrected chi connectivity index (χ2v) is 4.90. The molecule has 0 spiro atoms. The Morgan fingerprint density at radius 1 is 1.06 bits per heavy atom. The van der Waals surface area contributed by atoms with E-state index in [-0.39, 0.29) is 0 Å². The van der Waals surface area contributed by atoms with Crippen LogP contribution in [0, 0.1) is 11.8 Å². The minimum absolute atomic E-state index is 0.303. The van der Waals surface area contributed by atoms with E-state index in [1.54, 1.807) is 0 Å². The zero-order valence-electron chi connectivity index (χ0n) is 10.4. The van der Waals surface area contributed by atoms with Crippen molar-refractivity contribution in [1.82, 2.24) is 0 Å². The fourth-order valence-corrected chi connectivity index (χ4v) is 2.54. The molecule has 0 bridgehead atoms. The van der Waals surface area contributed by atoms with E-state index < -0.39 is 0 Å². The number of hydrogen-bond donors (Lipinski definition) is 2. The summed E-state index contributed by atoms with van der Waals surface area (Å²) in [5, 5.41) is 8.64. The standard InChI is InChI=1S/C13H27NO2/c14-10-12-6-2-3-7-13(12)11-16-9-5-1-4-8-15/h12-13,15H,1-11,14H2. The predicted molar refractivity (Wildman–Crippen MR) is 66.3 cm³/mol. The molecule has 1 fully saturated rings. The first-order valence-corrected chi connectivity index (χ1v) is 6.77. The van der Waals surface area contributed by atoms with Crippen molar-refractivity contribution in [3.8, 4) is 0 Å². The second-order valence-electron chi connectivity index (χ2n) is 4.90. The van der Waals surface area contributed by atoms with Crippen LogP contribution in [0.4, 0.5) is 0 Å². The van der Waals surface area contributed by atoms with Gasteiger partial charge in [-0.2, -0.15) is 0 Å². The van der Waals surface area contributed by atoms with E-state index >= 15 is 0 Å². The molecule has 0 saturated heterocycles. The molecule has 0 amide bonds. The van der Waals surface area contributed by atoms with Gasteiger partial charge in [0.05, 0.1) is 0 Å². The molecule has 0 aliphatic heterocycles. The number of nitrogens with two attached hydrogens (primary N) is 1. The third-order valence-corrected chi connectivity index (χ3v) is 3.65. The predicted octanol–water partition coefficient (Wildman–Crippen LogP) is 1.93. The monoisotopic (exact) mass is 229 g/mol. The molecule has 1 rings (SSSR count). The van der Waals surface area contributed by atoms with Gasteiger partial charge in [0, 0.05) is 19.8 Å². The smallest absolute Gasteiger partial charge is 0.0497 e. The summed E-state index contributed by atoms with van der Waals surface area (Å²) in [6, 6.07) is 0. The van der Waals surface area contributed by atoms with E-state index in [1.807, 2.05) is 0 Å². The number of hydrogen-bond acceptors (Lipinski definition) is 3. The van der Waals surface area contributed by atoms with Crippen LogP contribution in [0.1, 0.15) is 44.9 Å².